The molecule has 1 aliphatic rings. The molecule has 0 spiro atoms. The molecule has 0 fully saturated rings. The highest BCUT2D eigenvalue weighted by Gasteiger charge is 2.38. The van der Waals surface area contributed by atoms with Gasteiger partial charge in [-0.3, -0.25) is 4.90 Å². The molecule has 0 saturated carbocycles. The van der Waals surface area contributed by atoms with Gasteiger partial charge < -0.3 is 5.73 Å². The number of urea groups is 1. The number of nitrogens with zero attached hydrogens (tertiary/aromatic N) is 2. The third-order valence-corrected chi connectivity index (χ3v) is 3.15. The summed E-state index contributed by atoms with van der Waals surface area (Å²) in [4.78, 5) is 16.7. The lowest BCUT2D eigenvalue weighted by atomic mass is 10.0. The summed E-state index contributed by atoms with van der Waals surface area (Å²) in [6, 6.07) is 2.09. The summed E-state index contributed by atoms with van der Waals surface area (Å²) in [5, 5.41) is 0.344. The van der Waals surface area contributed by atoms with E-state index in [2.05, 4.69) is 10.9 Å². The highest BCUT2D eigenvalue weighted by Crippen LogP contribution is 2.31. The largest absolute Gasteiger partial charge is 0.385 e. The maximum absolute atomic E-state index is 13.9. The first-order valence-corrected chi connectivity index (χ1v) is 5.91. The fourth-order valence-electron chi connectivity index (χ4n) is 1.99. The number of aliphatic imine (C=N–C) groups is 1. The van der Waals surface area contributed by atoms with E-state index < -0.39 is 23.9 Å². The molecule has 1 aromatic carbocycles. The smallest absolute Gasteiger partial charge is 0.347 e. The van der Waals surface area contributed by atoms with Crippen molar-refractivity contribution in [2.24, 2.45) is 10.7 Å². The number of amides is 2. The molecular formula is C13H11ClFN3O. The van der Waals surface area contributed by atoms with E-state index in [-0.39, 0.29) is 11.4 Å². The second-order valence-corrected chi connectivity index (χ2v) is 4.57. The Hall–Kier alpha value is -2.06. The number of hydrogen-bond acceptors (Lipinski definition) is 2. The molecule has 2 unspecified atom stereocenters. The number of carbonyl (C=O) groups is 1. The van der Waals surface area contributed by atoms with Crippen LogP contribution >= 0.6 is 11.6 Å². The fourth-order valence-corrected chi connectivity index (χ4v) is 2.17. The molecule has 0 bridgehead atoms. The minimum atomic E-state index is -0.822. The van der Waals surface area contributed by atoms with E-state index in [0.29, 0.717) is 5.02 Å². The van der Waals surface area contributed by atoms with Crippen LogP contribution in [-0.4, -0.2) is 22.8 Å². The maximum atomic E-state index is 13.9. The lowest BCUT2D eigenvalue weighted by Crippen LogP contribution is -2.39. The second kappa shape index (κ2) is 4.90. The normalized spacial score (nSPS) is 20.1. The summed E-state index contributed by atoms with van der Waals surface area (Å²) in [6.07, 6.45) is 5.31. The Morgan fingerprint density at radius 2 is 2.32 bits per heavy atom. The Balaban J connectivity index is 2.52. The molecule has 19 heavy (non-hydrogen) atoms. The summed E-state index contributed by atoms with van der Waals surface area (Å²) in [5.41, 5.74) is 5.89. The molecule has 1 aliphatic heterocycles. The Labute approximate surface area is 115 Å². The molecule has 2 rings (SSSR count). The topological polar surface area (TPSA) is 58.7 Å². The molecular weight excluding hydrogens is 269 g/mol. The van der Waals surface area contributed by atoms with E-state index in [1.165, 1.54) is 23.1 Å². The zero-order valence-electron chi connectivity index (χ0n) is 10.1. The van der Waals surface area contributed by atoms with E-state index in [1.807, 2.05) is 0 Å². The van der Waals surface area contributed by atoms with E-state index >= 15 is 0 Å². The van der Waals surface area contributed by atoms with Crippen molar-refractivity contribution in [3.05, 3.63) is 34.6 Å². The molecule has 98 valence electrons. The zero-order valence-corrected chi connectivity index (χ0v) is 10.9. The Morgan fingerprint density at radius 1 is 1.63 bits per heavy atom. The van der Waals surface area contributed by atoms with Crippen LogP contribution < -0.4 is 5.73 Å². The van der Waals surface area contributed by atoms with Crippen LogP contribution in [0.25, 0.3) is 0 Å². The molecule has 0 radical (unpaired) electrons. The van der Waals surface area contributed by atoms with Crippen LogP contribution in [-0.2, 0) is 0 Å². The molecule has 1 heterocycles. The van der Waals surface area contributed by atoms with Crippen molar-refractivity contribution in [2.75, 3.05) is 0 Å². The van der Waals surface area contributed by atoms with E-state index in [4.69, 9.17) is 23.8 Å². The summed E-state index contributed by atoms with van der Waals surface area (Å²) in [7, 11) is 0. The molecule has 6 heteroatoms. The van der Waals surface area contributed by atoms with Gasteiger partial charge in [0.2, 0.25) is 0 Å². The quantitative estimate of drug-likeness (QED) is 0.845. The van der Waals surface area contributed by atoms with Gasteiger partial charge in [-0.25, -0.2) is 9.18 Å². The summed E-state index contributed by atoms with van der Waals surface area (Å²) >= 11 is 5.85. The van der Waals surface area contributed by atoms with Crippen LogP contribution in [0.1, 0.15) is 18.5 Å². The first-order chi connectivity index (χ1) is 8.95. The molecule has 2 N–H and O–H groups in total. The van der Waals surface area contributed by atoms with Gasteiger partial charge in [0.15, 0.2) is 0 Å². The number of carbonyl (C=O) groups excluding carboxylic acids is 1. The van der Waals surface area contributed by atoms with E-state index in [0.717, 1.165) is 0 Å². The molecule has 1 aromatic rings. The Bertz CT molecular complexity index is 608. The van der Waals surface area contributed by atoms with Crippen LogP contribution in [0.3, 0.4) is 0 Å². The van der Waals surface area contributed by atoms with Crippen LogP contribution in [0, 0.1) is 18.2 Å². The van der Waals surface area contributed by atoms with Gasteiger partial charge in [-0.05, 0) is 25.1 Å². The van der Waals surface area contributed by atoms with Crippen molar-refractivity contribution in [1.29, 1.82) is 0 Å². The van der Waals surface area contributed by atoms with E-state index in [9.17, 15) is 9.18 Å². The first-order valence-electron chi connectivity index (χ1n) is 5.53. The number of nitrogens with two attached hydrogens (primary N) is 1. The molecule has 0 aromatic heterocycles. The van der Waals surface area contributed by atoms with E-state index in [1.54, 1.807) is 6.92 Å². The number of rotatable bonds is 2. The highest BCUT2D eigenvalue weighted by atomic mass is 35.5. The average molecular weight is 280 g/mol. The van der Waals surface area contributed by atoms with Gasteiger partial charge in [0.25, 0.3) is 0 Å². The van der Waals surface area contributed by atoms with Crippen molar-refractivity contribution < 1.29 is 9.18 Å². The molecule has 0 saturated heterocycles. The number of hydrogen-bond donors (Lipinski definition) is 1. The lowest BCUT2D eigenvalue weighted by Gasteiger charge is -2.27. The minimum Gasteiger partial charge on any atom is -0.385 e. The lowest BCUT2D eigenvalue weighted by molar-refractivity contribution is 0.198. The Kier molecular flexibility index (Phi) is 3.45. The minimum absolute atomic E-state index is 0.00765. The van der Waals surface area contributed by atoms with Gasteiger partial charge >= 0.3 is 6.03 Å². The van der Waals surface area contributed by atoms with Gasteiger partial charge in [-0.2, -0.15) is 4.99 Å². The molecule has 4 nitrogen and oxygen atoms in total. The number of halogens is 2. The van der Waals surface area contributed by atoms with Gasteiger partial charge in [0.1, 0.15) is 17.7 Å². The predicted octanol–water partition coefficient (Wildman–Crippen LogP) is 2.33. The van der Waals surface area contributed by atoms with Crippen LogP contribution in [0.15, 0.2) is 23.2 Å². The molecule has 0 aliphatic carbocycles. The monoisotopic (exact) mass is 279 g/mol. The standard InChI is InChI=1S/C13H11ClFN3O/c1-3-7(2)18-11(12(16)17-13(18)19)9-6-8(14)4-5-10(9)15/h1,4-7,11H,2H3,(H2,16,17,19). The Morgan fingerprint density at radius 3 is 2.95 bits per heavy atom. The van der Waals surface area contributed by atoms with Gasteiger partial charge in [0, 0.05) is 10.6 Å². The van der Waals surface area contributed by atoms with Crippen LogP contribution in [0.4, 0.5) is 9.18 Å². The average Bonchev–Trinajstić information content (AvgIpc) is 2.66. The number of benzene rings is 1. The van der Waals surface area contributed by atoms with Crippen molar-refractivity contribution in [2.45, 2.75) is 19.0 Å². The first kappa shape index (κ1) is 13.4. The number of terminal acetylenes is 1. The van der Waals surface area contributed by atoms with Gasteiger partial charge in [-0.15, -0.1) is 6.42 Å². The van der Waals surface area contributed by atoms with Crippen molar-refractivity contribution in [3.63, 3.8) is 0 Å². The summed E-state index contributed by atoms with van der Waals surface area (Å²) in [6.45, 7) is 1.64. The second-order valence-electron chi connectivity index (χ2n) is 4.14. The summed E-state index contributed by atoms with van der Waals surface area (Å²) in [5.74, 6) is 1.90. The SMILES string of the molecule is C#CC(C)N1C(=O)N=C(N)C1c1cc(Cl)ccc1F. The third-order valence-electron chi connectivity index (χ3n) is 2.92. The summed E-state index contributed by atoms with van der Waals surface area (Å²) < 4.78 is 13.9. The fraction of sp³-hybridized carbons (Fsp3) is 0.231. The molecule has 2 atom stereocenters. The maximum Gasteiger partial charge on any atom is 0.347 e. The zero-order chi connectivity index (χ0) is 14.2. The van der Waals surface area contributed by atoms with Crippen LogP contribution in [0.2, 0.25) is 5.02 Å². The highest BCUT2D eigenvalue weighted by molar-refractivity contribution is 6.30. The van der Waals surface area contributed by atoms with Crippen LogP contribution in [0.5, 0.6) is 0 Å². The van der Waals surface area contributed by atoms with Gasteiger partial charge in [0.05, 0.1) is 6.04 Å². The van der Waals surface area contributed by atoms with Crippen molar-refractivity contribution >= 4 is 23.5 Å². The molecule has 2 amide bonds. The van der Waals surface area contributed by atoms with Crippen molar-refractivity contribution in [3.8, 4) is 12.3 Å². The van der Waals surface area contributed by atoms with Gasteiger partial charge in [-0.1, -0.05) is 17.5 Å². The third kappa shape index (κ3) is 2.27. The van der Waals surface area contributed by atoms with Crippen molar-refractivity contribution in [1.82, 2.24) is 4.90 Å². The number of amidine groups is 1. The predicted molar refractivity (Wildman–Crippen MR) is 71.3 cm³/mol.